The standard InChI is InChI=1S/C14H15NO4/c1-19-12-5-3-2-4-10(12)14(18)8-9(16)6-7-11(14)13(15)17/h2-8,11,16,18H,1H3,(H2,15,17). The number of primary amides is 1. The summed E-state index contributed by atoms with van der Waals surface area (Å²) in [7, 11) is 1.46. The van der Waals surface area contributed by atoms with Gasteiger partial charge in [0.25, 0.3) is 0 Å². The maximum Gasteiger partial charge on any atom is 0.227 e. The summed E-state index contributed by atoms with van der Waals surface area (Å²) in [6.07, 6.45) is 3.91. The van der Waals surface area contributed by atoms with Crippen LogP contribution in [0.1, 0.15) is 5.56 Å². The van der Waals surface area contributed by atoms with Crippen LogP contribution < -0.4 is 10.5 Å². The first-order valence-corrected chi connectivity index (χ1v) is 5.74. The number of nitrogens with two attached hydrogens (primary N) is 1. The van der Waals surface area contributed by atoms with Gasteiger partial charge in [0, 0.05) is 5.56 Å². The van der Waals surface area contributed by atoms with Crippen LogP contribution in [0.4, 0.5) is 0 Å². The van der Waals surface area contributed by atoms with Gasteiger partial charge in [0.05, 0.1) is 13.0 Å². The fourth-order valence-electron chi connectivity index (χ4n) is 2.24. The second-order valence-electron chi connectivity index (χ2n) is 4.33. The maximum atomic E-state index is 11.5. The number of allylic oxidation sites excluding steroid dienone is 1. The van der Waals surface area contributed by atoms with Crippen molar-refractivity contribution in [3.63, 3.8) is 0 Å². The number of aliphatic hydroxyl groups excluding tert-OH is 1. The molecule has 4 N–H and O–H groups in total. The molecule has 0 saturated carbocycles. The van der Waals surface area contributed by atoms with Crippen molar-refractivity contribution >= 4 is 5.91 Å². The predicted molar refractivity (Wildman–Crippen MR) is 69.4 cm³/mol. The van der Waals surface area contributed by atoms with E-state index in [9.17, 15) is 15.0 Å². The minimum absolute atomic E-state index is 0.133. The summed E-state index contributed by atoms with van der Waals surface area (Å²) in [5.74, 6) is -1.38. The van der Waals surface area contributed by atoms with Crippen LogP contribution in [-0.4, -0.2) is 23.2 Å². The summed E-state index contributed by atoms with van der Waals surface area (Å²) in [6.45, 7) is 0. The van der Waals surface area contributed by atoms with Gasteiger partial charge in [0.2, 0.25) is 5.91 Å². The van der Waals surface area contributed by atoms with Gasteiger partial charge >= 0.3 is 0 Å². The number of ether oxygens (including phenoxy) is 1. The molecular weight excluding hydrogens is 246 g/mol. The third kappa shape index (κ3) is 2.20. The molecule has 0 bridgehead atoms. The summed E-state index contributed by atoms with van der Waals surface area (Å²) in [4.78, 5) is 11.5. The zero-order valence-electron chi connectivity index (χ0n) is 10.4. The predicted octanol–water partition coefficient (Wildman–Crippen LogP) is 0.996. The number of benzene rings is 1. The van der Waals surface area contributed by atoms with Crippen molar-refractivity contribution in [3.05, 3.63) is 53.8 Å². The van der Waals surface area contributed by atoms with Crippen molar-refractivity contribution in [1.82, 2.24) is 0 Å². The fourth-order valence-corrected chi connectivity index (χ4v) is 2.24. The molecule has 0 saturated heterocycles. The Bertz CT molecular complexity index is 564. The van der Waals surface area contributed by atoms with E-state index < -0.39 is 17.4 Å². The smallest absolute Gasteiger partial charge is 0.227 e. The van der Waals surface area contributed by atoms with Gasteiger partial charge in [-0.25, -0.2) is 0 Å². The van der Waals surface area contributed by atoms with Crippen LogP contribution in [0.3, 0.4) is 0 Å². The average molecular weight is 261 g/mol. The van der Waals surface area contributed by atoms with E-state index >= 15 is 0 Å². The summed E-state index contributed by atoms with van der Waals surface area (Å²) in [5, 5.41) is 20.4. The highest BCUT2D eigenvalue weighted by Gasteiger charge is 2.42. The molecular formula is C14H15NO4. The molecule has 5 heteroatoms. The van der Waals surface area contributed by atoms with Crippen molar-refractivity contribution in [1.29, 1.82) is 0 Å². The topological polar surface area (TPSA) is 92.8 Å². The monoisotopic (exact) mass is 261 g/mol. The molecule has 1 aliphatic carbocycles. The van der Waals surface area contributed by atoms with E-state index in [-0.39, 0.29) is 5.76 Å². The molecule has 1 amide bonds. The number of carbonyl (C=O) groups is 1. The van der Waals surface area contributed by atoms with Gasteiger partial charge in [0.15, 0.2) is 0 Å². The SMILES string of the molecule is COc1ccccc1C1(O)C=C(O)C=CC1C(N)=O. The summed E-state index contributed by atoms with van der Waals surface area (Å²) < 4.78 is 5.18. The Morgan fingerprint density at radius 2 is 2.11 bits per heavy atom. The van der Waals surface area contributed by atoms with Gasteiger partial charge in [-0.2, -0.15) is 0 Å². The molecule has 100 valence electrons. The van der Waals surface area contributed by atoms with E-state index in [0.29, 0.717) is 11.3 Å². The minimum Gasteiger partial charge on any atom is -0.508 e. The average Bonchev–Trinajstić information content (AvgIpc) is 2.38. The van der Waals surface area contributed by atoms with E-state index in [1.807, 2.05) is 0 Å². The lowest BCUT2D eigenvalue weighted by molar-refractivity contribution is -0.126. The largest absolute Gasteiger partial charge is 0.508 e. The van der Waals surface area contributed by atoms with E-state index in [4.69, 9.17) is 10.5 Å². The van der Waals surface area contributed by atoms with Crippen molar-refractivity contribution in [2.75, 3.05) is 7.11 Å². The number of hydrogen-bond acceptors (Lipinski definition) is 4. The highest BCUT2D eigenvalue weighted by Crippen LogP contribution is 2.40. The first kappa shape index (κ1) is 13.2. The van der Waals surface area contributed by atoms with E-state index in [2.05, 4.69) is 0 Å². The third-order valence-corrected chi connectivity index (χ3v) is 3.15. The lowest BCUT2D eigenvalue weighted by Gasteiger charge is -2.33. The van der Waals surface area contributed by atoms with Crippen molar-refractivity contribution in [2.45, 2.75) is 5.60 Å². The van der Waals surface area contributed by atoms with Crippen LogP contribution >= 0.6 is 0 Å². The Balaban J connectivity index is 2.61. The van der Waals surface area contributed by atoms with Crippen molar-refractivity contribution in [3.8, 4) is 5.75 Å². The Kier molecular flexibility index (Phi) is 3.31. The van der Waals surface area contributed by atoms with Gasteiger partial charge in [-0.3, -0.25) is 4.79 Å². The Morgan fingerprint density at radius 3 is 2.74 bits per heavy atom. The van der Waals surface area contributed by atoms with E-state index in [1.165, 1.54) is 25.3 Å². The zero-order chi connectivity index (χ0) is 14.0. The number of amides is 1. The molecule has 0 aromatic heterocycles. The number of rotatable bonds is 3. The van der Waals surface area contributed by atoms with Crippen LogP contribution in [0.5, 0.6) is 5.75 Å². The zero-order valence-corrected chi connectivity index (χ0v) is 10.4. The molecule has 0 spiro atoms. The van der Waals surface area contributed by atoms with Gasteiger partial charge in [0.1, 0.15) is 17.1 Å². The molecule has 1 aliphatic rings. The Hall–Kier alpha value is -2.27. The number of aliphatic hydroxyl groups is 2. The summed E-state index contributed by atoms with van der Waals surface area (Å²) in [6, 6.07) is 6.73. The molecule has 5 nitrogen and oxygen atoms in total. The highest BCUT2D eigenvalue weighted by atomic mass is 16.5. The normalized spacial score (nSPS) is 25.8. The van der Waals surface area contributed by atoms with Crippen LogP contribution in [0, 0.1) is 5.92 Å². The Morgan fingerprint density at radius 1 is 1.42 bits per heavy atom. The number of methoxy groups -OCH3 is 1. The van der Waals surface area contributed by atoms with Crippen molar-refractivity contribution < 1.29 is 19.7 Å². The molecule has 2 atom stereocenters. The first-order chi connectivity index (χ1) is 8.99. The second-order valence-corrected chi connectivity index (χ2v) is 4.33. The Labute approximate surface area is 110 Å². The lowest BCUT2D eigenvalue weighted by Crippen LogP contribution is -2.42. The van der Waals surface area contributed by atoms with Crippen LogP contribution in [0.2, 0.25) is 0 Å². The van der Waals surface area contributed by atoms with Crippen LogP contribution in [0.25, 0.3) is 0 Å². The molecule has 1 aromatic rings. The lowest BCUT2D eigenvalue weighted by atomic mass is 9.77. The summed E-state index contributed by atoms with van der Waals surface area (Å²) in [5.41, 5.74) is 3.96. The van der Waals surface area contributed by atoms with Gasteiger partial charge in [-0.05, 0) is 18.2 Å². The maximum absolute atomic E-state index is 11.5. The molecule has 19 heavy (non-hydrogen) atoms. The van der Waals surface area contributed by atoms with Crippen molar-refractivity contribution in [2.24, 2.45) is 11.7 Å². The van der Waals surface area contributed by atoms with Crippen LogP contribution in [0.15, 0.2) is 48.3 Å². The summed E-state index contributed by atoms with van der Waals surface area (Å²) >= 11 is 0. The molecule has 0 radical (unpaired) electrons. The molecule has 1 aromatic carbocycles. The minimum atomic E-state index is -1.72. The van der Waals surface area contributed by atoms with Gasteiger partial charge in [-0.15, -0.1) is 0 Å². The number of carbonyl (C=O) groups excluding carboxylic acids is 1. The van der Waals surface area contributed by atoms with E-state index in [1.54, 1.807) is 24.3 Å². The second kappa shape index (κ2) is 4.78. The fraction of sp³-hybridized carbons (Fsp3) is 0.214. The van der Waals surface area contributed by atoms with Crippen LogP contribution in [-0.2, 0) is 10.4 Å². The molecule has 2 rings (SSSR count). The van der Waals surface area contributed by atoms with E-state index in [0.717, 1.165) is 0 Å². The molecule has 2 unspecified atom stereocenters. The van der Waals surface area contributed by atoms with Gasteiger partial charge in [-0.1, -0.05) is 24.3 Å². The third-order valence-electron chi connectivity index (χ3n) is 3.15. The number of para-hydroxylation sites is 1. The molecule has 0 aliphatic heterocycles. The highest BCUT2D eigenvalue weighted by molar-refractivity contribution is 5.81. The first-order valence-electron chi connectivity index (χ1n) is 5.74. The molecule has 0 fully saturated rings. The quantitative estimate of drug-likeness (QED) is 0.756. The van der Waals surface area contributed by atoms with Gasteiger partial charge < -0.3 is 20.7 Å². The number of hydrogen-bond donors (Lipinski definition) is 3. The molecule has 0 heterocycles.